The summed E-state index contributed by atoms with van der Waals surface area (Å²) < 4.78 is 5.99. The monoisotopic (exact) mass is 676 g/mol. The Kier molecular flexibility index (Phi) is 8.02. The predicted molar refractivity (Wildman–Crippen MR) is 194 cm³/mol. The van der Waals surface area contributed by atoms with Crippen molar-refractivity contribution in [2.24, 2.45) is 29.6 Å². The maximum Gasteiger partial charge on any atom is 0.238 e. The van der Waals surface area contributed by atoms with Crippen molar-refractivity contribution in [2.45, 2.75) is 25.4 Å². The van der Waals surface area contributed by atoms with Gasteiger partial charge in [0.15, 0.2) is 0 Å². The molecule has 254 valence electrons. The van der Waals surface area contributed by atoms with Gasteiger partial charge in [-0.05, 0) is 65.8 Å². The SMILES string of the molecule is C=Cc1ccc(N2C(=O)[C@H]3[C@H](CC=C4[C@H]3C[C@H]3C(=O)N(c5ccc(C=C)cc5)C(=O)[C@H]3[C@H]4c3ccc(OCc4ccccc4)cc3O)C2=O)cc1. The third kappa shape index (κ3) is 5.30. The molecular weight excluding hydrogens is 640 g/mol. The van der Waals surface area contributed by atoms with Crippen molar-refractivity contribution >= 4 is 47.2 Å². The highest BCUT2D eigenvalue weighted by Crippen LogP contribution is 2.59. The van der Waals surface area contributed by atoms with E-state index in [0.717, 1.165) is 22.3 Å². The number of phenols is 1. The number of aromatic hydroxyl groups is 1. The third-order valence-corrected chi connectivity index (χ3v) is 11.0. The number of fused-ring (bicyclic) bond motifs is 4. The molecule has 0 radical (unpaired) electrons. The van der Waals surface area contributed by atoms with E-state index in [4.69, 9.17) is 4.74 Å². The topological polar surface area (TPSA) is 104 Å². The van der Waals surface area contributed by atoms with Gasteiger partial charge in [0.25, 0.3) is 0 Å². The van der Waals surface area contributed by atoms with Crippen molar-refractivity contribution in [1.82, 2.24) is 0 Å². The number of rotatable bonds is 8. The van der Waals surface area contributed by atoms with Crippen LogP contribution in [0, 0.1) is 29.6 Å². The molecule has 3 fully saturated rings. The second-order valence-corrected chi connectivity index (χ2v) is 13.6. The van der Waals surface area contributed by atoms with Gasteiger partial charge in [0, 0.05) is 17.5 Å². The average Bonchev–Trinajstić information content (AvgIpc) is 3.57. The Balaban J connectivity index is 1.18. The summed E-state index contributed by atoms with van der Waals surface area (Å²) in [6.07, 6.45) is 5.90. The largest absolute Gasteiger partial charge is 0.508 e. The van der Waals surface area contributed by atoms with Gasteiger partial charge in [-0.2, -0.15) is 0 Å². The molecule has 4 amide bonds. The van der Waals surface area contributed by atoms with E-state index < -0.39 is 35.5 Å². The highest BCUT2D eigenvalue weighted by atomic mass is 16.5. The van der Waals surface area contributed by atoms with Gasteiger partial charge in [-0.25, -0.2) is 0 Å². The molecule has 0 bridgehead atoms. The Morgan fingerprint density at radius 3 is 1.86 bits per heavy atom. The smallest absolute Gasteiger partial charge is 0.238 e. The van der Waals surface area contributed by atoms with Crippen LogP contribution in [0.1, 0.15) is 41.0 Å². The summed E-state index contributed by atoms with van der Waals surface area (Å²) >= 11 is 0. The summed E-state index contributed by atoms with van der Waals surface area (Å²) in [5, 5.41) is 11.6. The van der Waals surface area contributed by atoms with E-state index in [1.54, 1.807) is 60.7 Å². The number of carbonyl (C=O) groups is 4. The molecule has 8 nitrogen and oxygen atoms in total. The van der Waals surface area contributed by atoms with Gasteiger partial charge in [-0.1, -0.05) is 97.6 Å². The van der Waals surface area contributed by atoms with E-state index in [2.05, 4.69) is 13.2 Å². The summed E-state index contributed by atoms with van der Waals surface area (Å²) in [6, 6.07) is 28.9. The summed E-state index contributed by atoms with van der Waals surface area (Å²) in [7, 11) is 0. The standard InChI is InChI=1S/C43H36N2O6/c1-3-25-10-14-28(15-11-25)44-40(47)33-21-20-31-34(38(33)42(44)49)23-35-39(43(50)45(41(35)48)29-16-12-26(4-2)13-17-29)37(31)32-19-18-30(22-36(32)46)51-24-27-8-6-5-7-9-27/h3-20,22,33-35,37-39,46H,1-2,21,23-24H2/t33-,34+,35+,37+,38-,39+/m0/s1. The van der Waals surface area contributed by atoms with Crippen LogP contribution in [0.25, 0.3) is 12.2 Å². The highest BCUT2D eigenvalue weighted by Gasteiger charge is 2.62. The molecular formula is C43H36N2O6. The first kappa shape index (κ1) is 32.2. The molecule has 8 heteroatoms. The quantitative estimate of drug-likeness (QED) is 0.155. The van der Waals surface area contributed by atoms with Gasteiger partial charge in [0.2, 0.25) is 23.6 Å². The molecule has 4 aliphatic rings. The molecule has 0 unspecified atom stereocenters. The van der Waals surface area contributed by atoms with Gasteiger partial charge < -0.3 is 9.84 Å². The molecule has 0 aromatic heterocycles. The molecule has 0 spiro atoms. The Morgan fingerprint density at radius 1 is 0.686 bits per heavy atom. The Labute approximate surface area is 296 Å². The van der Waals surface area contributed by atoms with Gasteiger partial charge in [0.05, 0.1) is 35.0 Å². The van der Waals surface area contributed by atoms with Crippen LogP contribution < -0.4 is 14.5 Å². The first-order valence-corrected chi connectivity index (χ1v) is 17.2. The lowest BCUT2D eigenvalue weighted by atomic mass is 9.57. The molecule has 2 heterocycles. The van der Waals surface area contributed by atoms with Crippen LogP contribution in [0.15, 0.2) is 122 Å². The van der Waals surface area contributed by atoms with Crippen LogP contribution in [0.4, 0.5) is 11.4 Å². The number of allylic oxidation sites excluding steroid dienone is 2. The van der Waals surface area contributed by atoms with Crippen LogP contribution in [0.5, 0.6) is 11.5 Å². The molecule has 51 heavy (non-hydrogen) atoms. The average molecular weight is 677 g/mol. The number of anilines is 2. The molecule has 1 N–H and O–H groups in total. The number of amides is 4. The van der Waals surface area contributed by atoms with Crippen molar-refractivity contribution in [3.05, 3.63) is 144 Å². The van der Waals surface area contributed by atoms with Crippen LogP contribution >= 0.6 is 0 Å². The maximum atomic E-state index is 14.4. The second kappa shape index (κ2) is 12.7. The second-order valence-electron chi connectivity index (χ2n) is 13.6. The van der Waals surface area contributed by atoms with E-state index >= 15 is 0 Å². The number of ether oxygens (including phenoxy) is 1. The number of imide groups is 2. The van der Waals surface area contributed by atoms with Crippen LogP contribution in [-0.2, 0) is 25.8 Å². The number of carbonyl (C=O) groups excluding carboxylic acids is 4. The predicted octanol–water partition coefficient (Wildman–Crippen LogP) is 7.30. The van der Waals surface area contributed by atoms with Crippen LogP contribution in [0.2, 0.25) is 0 Å². The fourth-order valence-corrected chi connectivity index (χ4v) is 8.58. The van der Waals surface area contributed by atoms with Crippen LogP contribution in [-0.4, -0.2) is 28.7 Å². The minimum atomic E-state index is -0.813. The third-order valence-electron chi connectivity index (χ3n) is 11.0. The fraction of sp³-hybridized carbons (Fsp3) is 0.209. The molecule has 4 aromatic carbocycles. The molecule has 8 rings (SSSR count). The molecule has 2 aliphatic carbocycles. The summed E-state index contributed by atoms with van der Waals surface area (Å²) in [5.41, 5.74) is 4.91. The van der Waals surface area contributed by atoms with Crippen LogP contribution in [0.3, 0.4) is 0 Å². The zero-order chi connectivity index (χ0) is 35.4. The minimum absolute atomic E-state index is 0.0696. The molecule has 1 saturated carbocycles. The first-order chi connectivity index (χ1) is 24.8. The lowest BCUT2D eigenvalue weighted by Gasteiger charge is -2.44. The van der Waals surface area contributed by atoms with Gasteiger partial charge >= 0.3 is 0 Å². The number of benzene rings is 4. The van der Waals surface area contributed by atoms with Gasteiger partial charge in [-0.15, -0.1) is 0 Å². The summed E-state index contributed by atoms with van der Waals surface area (Å²) in [4.78, 5) is 59.5. The van der Waals surface area contributed by atoms with E-state index in [0.29, 0.717) is 35.7 Å². The molecule has 4 aromatic rings. The Bertz CT molecular complexity index is 2120. The first-order valence-electron chi connectivity index (χ1n) is 17.2. The summed E-state index contributed by atoms with van der Waals surface area (Å²) in [5.74, 6) is -4.98. The van der Waals surface area contributed by atoms with E-state index in [1.165, 1.54) is 15.9 Å². The van der Waals surface area contributed by atoms with Crippen molar-refractivity contribution in [2.75, 3.05) is 9.80 Å². The van der Waals surface area contributed by atoms with Crippen molar-refractivity contribution in [3.8, 4) is 11.5 Å². The zero-order valence-electron chi connectivity index (χ0n) is 27.9. The molecule has 2 aliphatic heterocycles. The minimum Gasteiger partial charge on any atom is -0.508 e. The van der Waals surface area contributed by atoms with E-state index in [9.17, 15) is 24.3 Å². The van der Waals surface area contributed by atoms with Crippen molar-refractivity contribution in [1.29, 1.82) is 0 Å². The molecule has 6 atom stereocenters. The van der Waals surface area contributed by atoms with E-state index in [-0.39, 0.29) is 35.8 Å². The van der Waals surface area contributed by atoms with Gasteiger partial charge in [0.1, 0.15) is 18.1 Å². The van der Waals surface area contributed by atoms with E-state index in [1.807, 2.05) is 48.5 Å². The normalized spacial score (nSPS) is 25.2. The Morgan fingerprint density at radius 2 is 1.27 bits per heavy atom. The number of hydrogen-bond acceptors (Lipinski definition) is 6. The maximum absolute atomic E-state index is 14.4. The number of phenolic OH excluding ortho intramolecular Hbond substituents is 1. The van der Waals surface area contributed by atoms with Crippen molar-refractivity contribution < 1.29 is 29.0 Å². The highest BCUT2D eigenvalue weighted by molar-refractivity contribution is 6.24. The Hall–Kier alpha value is -6.02. The number of hydrogen-bond donors (Lipinski definition) is 1. The van der Waals surface area contributed by atoms with Gasteiger partial charge in [-0.3, -0.25) is 29.0 Å². The fourth-order valence-electron chi connectivity index (χ4n) is 8.58. The molecule has 2 saturated heterocycles. The number of nitrogens with zero attached hydrogens (tertiary/aromatic N) is 2. The zero-order valence-corrected chi connectivity index (χ0v) is 27.9. The lowest BCUT2D eigenvalue weighted by Crippen LogP contribution is -2.43. The summed E-state index contributed by atoms with van der Waals surface area (Å²) in [6.45, 7) is 7.89. The van der Waals surface area contributed by atoms with Crippen molar-refractivity contribution in [3.63, 3.8) is 0 Å². The lowest BCUT2D eigenvalue weighted by molar-refractivity contribution is -0.126.